The molecule has 19 heavy (non-hydrogen) atoms. The second-order valence-electron chi connectivity index (χ2n) is 4.55. The summed E-state index contributed by atoms with van der Waals surface area (Å²) in [5.74, 6) is 0.837. The first kappa shape index (κ1) is 12.2. The van der Waals surface area contributed by atoms with Crippen LogP contribution in [0.1, 0.15) is 17.4 Å². The molecule has 0 aliphatic heterocycles. The first-order chi connectivity index (χ1) is 9.16. The van der Waals surface area contributed by atoms with Gasteiger partial charge in [0.2, 0.25) is 0 Å². The molecule has 0 amide bonds. The number of halogens is 1. The highest BCUT2D eigenvalue weighted by Gasteiger charge is 2.16. The van der Waals surface area contributed by atoms with Crippen LogP contribution in [0, 0.1) is 0 Å². The maximum Gasteiger partial charge on any atom is 0.131 e. The van der Waals surface area contributed by atoms with Gasteiger partial charge in [-0.1, -0.05) is 41.9 Å². The van der Waals surface area contributed by atoms with Crippen LogP contribution in [0.2, 0.25) is 5.02 Å². The van der Waals surface area contributed by atoms with Gasteiger partial charge in [0.05, 0.1) is 17.1 Å². The van der Waals surface area contributed by atoms with Gasteiger partial charge in [-0.25, -0.2) is 4.98 Å². The van der Waals surface area contributed by atoms with E-state index in [-0.39, 0.29) is 6.04 Å². The van der Waals surface area contributed by atoms with Crippen LogP contribution in [0.25, 0.3) is 11.0 Å². The van der Waals surface area contributed by atoms with Gasteiger partial charge in [0.15, 0.2) is 0 Å². The Hall–Kier alpha value is -1.84. The Morgan fingerprint density at radius 3 is 2.63 bits per heavy atom. The van der Waals surface area contributed by atoms with E-state index in [2.05, 4.69) is 4.98 Å². The zero-order valence-electron chi connectivity index (χ0n) is 10.5. The number of aromatic nitrogens is 2. The summed E-state index contributed by atoms with van der Waals surface area (Å²) in [5.41, 5.74) is 9.26. The van der Waals surface area contributed by atoms with E-state index < -0.39 is 0 Å². The highest BCUT2D eigenvalue weighted by molar-refractivity contribution is 6.31. The Bertz CT molecular complexity index is 719. The van der Waals surface area contributed by atoms with Crippen LogP contribution in [0.15, 0.2) is 48.5 Å². The Kier molecular flexibility index (Phi) is 3.01. The lowest BCUT2D eigenvalue weighted by molar-refractivity contribution is 0.728. The average molecular weight is 272 g/mol. The molecule has 96 valence electrons. The Morgan fingerprint density at radius 1 is 1.16 bits per heavy atom. The van der Waals surface area contributed by atoms with Gasteiger partial charge in [0, 0.05) is 12.1 Å². The van der Waals surface area contributed by atoms with Crippen LogP contribution in [0.3, 0.4) is 0 Å². The van der Waals surface area contributed by atoms with E-state index in [1.807, 2.05) is 60.1 Å². The molecule has 0 radical (unpaired) electrons. The number of hydrogen-bond donors (Lipinski definition) is 1. The maximum atomic E-state index is 6.30. The van der Waals surface area contributed by atoms with Gasteiger partial charge < -0.3 is 10.3 Å². The first-order valence-corrected chi connectivity index (χ1v) is 6.47. The third-order valence-electron chi connectivity index (χ3n) is 3.31. The van der Waals surface area contributed by atoms with Crippen molar-refractivity contribution in [2.45, 2.75) is 6.04 Å². The summed E-state index contributed by atoms with van der Waals surface area (Å²) in [7, 11) is 1.97. The standard InChI is InChI=1S/C15H14ClN3/c1-19-13-8-7-11(16)9-12(13)18-15(19)14(17)10-5-3-2-4-6-10/h2-9,14H,17H2,1H3. The Labute approximate surface area is 116 Å². The minimum atomic E-state index is -0.239. The van der Waals surface area contributed by atoms with Crippen LogP contribution in [0.4, 0.5) is 0 Å². The molecule has 1 atom stereocenters. The van der Waals surface area contributed by atoms with Gasteiger partial charge in [-0.3, -0.25) is 0 Å². The summed E-state index contributed by atoms with van der Waals surface area (Å²) in [4.78, 5) is 4.60. The Balaban J connectivity index is 2.13. The molecule has 0 spiro atoms. The summed E-state index contributed by atoms with van der Waals surface area (Å²) < 4.78 is 2.02. The molecule has 0 fully saturated rings. The average Bonchev–Trinajstić information content (AvgIpc) is 2.75. The van der Waals surface area contributed by atoms with Crippen molar-refractivity contribution in [3.8, 4) is 0 Å². The van der Waals surface area contributed by atoms with E-state index in [9.17, 15) is 0 Å². The molecule has 2 N–H and O–H groups in total. The molecule has 2 aromatic carbocycles. The fraction of sp³-hybridized carbons (Fsp3) is 0.133. The summed E-state index contributed by atoms with van der Waals surface area (Å²) in [5, 5.41) is 0.686. The van der Waals surface area contributed by atoms with E-state index in [1.165, 1.54) is 0 Å². The van der Waals surface area contributed by atoms with Crippen molar-refractivity contribution in [2.75, 3.05) is 0 Å². The summed E-state index contributed by atoms with van der Waals surface area (Å²) >= 11 is 6.00. The molecule has 3 aromatic rings. The van der Waals surface area contributed by atoms with Gasteiger partial charge in [-0.05, 0) is 23.8 Å². The minimum Gasteiger partial charge on any atom is -0.330 e. The second kappa shape index (κ2) is 4.68. The van der Waals surface area contributed by atoms with Crippen molar-refractivity contribution in [3.05, 3.63) is 64.9 Å². The van der Waals surface area contributed by atoms with Crippen LogP contribution in [0.5, 0.6) is 0 Å². The predicted octanol–water partition coefficient (Wildman–Crippen LogP) is 3.27. The van der Waals surface area contributed by atoms with Crippen molar-refractivity contribution < 1.29 is 0 Å². The molecule has 3 rings (SSSR count). The lowest BCUT2D eigenvalue weighted by atomic mass is 10.1. The molecular formula is C15H14ClN3. The fourth-order valence-corrected chi connectivity index (χ4v) is 2.45. The van der Waals surface area contributed by atoms with Crippen LogP contribution < -0.4 is 5.73 Å². The highest BCUT2D eigenvalue weighted by Crippen LogP contribution is 2.24. The van der Waals surface area contributed by atoms with Gasteiger partial charge in [0.25, 0.3) is 0 Å². The smallest absolute Gasteiger partial charge is 0.131 e. The molecule has 1 aromatic heterocycles. The summed E-state index contributed by atoms with van der Waals surface area (Å²) in [6.07, 6.45) is 0. The number of rotatable bonds is 2. The number of aryl methyl sites for hydroxylation is 1. The molecule has 0 aliphatic carbocycles. The fourth-order valence-electron chi connectivity index (χ4n) is 2.28. The zero-order chi connectivity index (χ0) is 13.4. The van der Waals surface area contributed by atoms with Gasteiger partial charge in [-0.15, -0.1) is 0 Å². The van der Waals surface area contributed by atoms with Gasteiger partial charge in [-0.2, -0.15) is 0 Å². The van der Waals surface area contributed by atoms with Crippen LogP contribution in [-0.4, -0.2) is 9.55 Å². The topological polar surface area (TPSA) is 43.8 Å². The lowest BCUT2D eigenvalue weighted by Gasteiger charge is -2.11. The maximum absolute atomic E-state index is 6.30. The molecule has 3 nitrogen and oxygen atoms in total. The SMILES string of the molecule is Cn1c(C(N)c2ccccc2)nc2cc(Cl)ccc21. The number of benzene rings is 2. The number of hydrogen-bond acceptors (Lipinski definition) is 2. The van der Waals surface area contributed by atoms with Crippen molar-refractivity contribution in [1.82, 2.24) is 9.55 Å². The van der Waals surface area contributed by atoms with Crippen molar-refractivity contribution >= 4 is 22.6 Å². The number of nitrogens with two attached hydrogens (primary N) is 1. The third-order valence-corrected chi connectivity index (χ3v) is 3.55. The number of imidazole rings is 1. The summed E-state index contributed by atoms with van der Waals surface area (Å²) in [6, 6.07) is 15.4. The monoisotopic (exact) mass is 271 g/mol. The summed E-state index contributed by atoms with van der Waals surface area (Å²) in [6.45, 7) is 0. The van der Waals surface area contributed by atoms with Gasteiger partial charge >= 0.3 is 0 Å². The number of nitrogens with zero attached hydrogens (tertiary/aromatic N) is 2. The zero-order valence-corrected chi connectivity index (χ0v) is 11.3. The van der Waals surface area contributed by atoms with E-state index in [4.69, 9.17) is 17.3 Å². The second-order valence-corrected chi connectivity index (χ2v) is 4.99. The van der Waals surface area contributed by atoms with Crippen molar-refractivity contribution in [3.63, 3.8) is 0 Å². The molecule has 1 unspecified atom stereocenters. The molecule has 0 saturated carbocycles. The molecular weight excluding hydrogens is 258 g/mol. The predicted molar refractivity (Wildman–Crippen MR) is 78.2 cm³/mol. The molecule has 0 saturated heterocycles. The normalized spacial score (nSPS) is 12.8. The Morgan fingerprint density at radius 2 is 1.89 bits per heavy atom. The largest absolute Gasteiger partial charge is 0.330 e. The van der Waals surface area contributed by atoms with Crippen molar-refractivity contribution in [2.24, 2.45) is 12.8 Å². The van der Waals surface area contributed by atoms with E-state index in [0.717, 1.165) is 22.4 Å². The third kappa shape index (κ3) is 2.11. The molecule has 4 heteroatoms. The first-order valence-electron chi connectivity index (χ1n) is 6.09. The minimum absolute atomic E-state index is 0.239. The van der Waals surface area contributed by atoms with Gasteiger partial charge in [0.1, 0.15) is 5.82 Å². The molecule has 1 heterocycles. The van der Waals surface area contributed by atoms with Crippen molar-refractivity contribution in [1.29, 1.82) is 0 Å². The van der Waals surface area contributed by atoms with Crippen LogP contribution >= 0.6 is 11.6 Å². The van der Waals surface area contributed by atoms with E-state index in [0.29, 0.717) is 5.02 Å². The quantitative estimate of drug-likeness (QED) is 0.777. The highest BCUT2D eigenvalue weighted by atomic mass is 35.5. The van der Waals surface area contributed by atoms with Crippen LogP contribution in [-0.2, 0) is 7.05 Å². The number of fused-ring (bicyclic) bond motifs is 1. The van der Waals surface area contributed by atoms with E-state index >= 15 is 0 Å². The molecule has 0 aliphatic rings. The van der Waals surface area contributed by atoms with E-state index in [1.54, 1.807) is 0 Å². The lowest BCUT2D eigenvalue weighted by Crippen LogP contribution is -2.16. The molecule has 0 bridgehead atoms.